The highest BCUT2D eigenvalue weighted by Crippen LogP contribution is 2.47. The lowest BCUT2D eigenvalue weighted by atomic mass is 9.78. The number of hydrogen-bond acceptors (Lipinski definition) is 2. The number of hydrogen-bond donors (Lipinski definition) is 2. The maximum absolute atomic E-state index is 10.2. The Bertz CT molecular complexity index is 169. The van der Waals surface area contributed by atoms with Gasteiger partial charge in [0, 0.05) is 0 Å². The number of rotatable bonds is 2. The van der Waals surface area contributed by atoms with Gasteiger partial charge in [-0.3, -0.25) is 0 Å². The lowest BCUT2D eigenvalue weighted by molar-refractivity contribution is -0.150. The molecule has 0 aromatic heterocycles. The highest BCUT2D eigenvalue weighted by molar-refractivity contribution is 5.06. The molecule has 0 heterocycles. The van der Waals surface area contributed by atoms with Gasteiger partial charge < -0.3 is 10.2 Å². The average molecular weight is 172 g/mol. The minimum absolute atomic E-state index is 0.229. The van der Waals surface area contributed by atoms with Crippen molar-refractivity contribution >= 4 is 0 Å². The standard InChI is InChI=1S/C10H20O2/c1-4-9(11)7-6-8(3)10(9,12)5-2/h8,11-12H,4-7H2,1-3H3/t8-,9+,10-/m1/s1. The van der Waals surface area contributed by atoms with Gasteiger partial charge in [-0.1, -0.05) is 20.8 Å². The molecule has 0 spiro atoms. The number of aliphatic hydroxyl groups is 2. The van der Waals surface area contributed by atoms with Crippen LogP contribution in [0, 0.1) is 5.92 Å². The van der Waals surface area contributed by atoms with Gasteiger partial charge in [0.1, 0.15) is 0 Å². The van der Waals surface area contributed by atoms with Crippen LogP contribution in [0.25, 0.3) is 0 Å². The quantitative estimate of drug-likeness (QED) is 0.665. The summed E-state index contributed by atoms with van der Waals surface area (Å²) < 4.78 is 0. The van der Waals surface area contributed by atoms with Crippen molar-refractivity contribution in [2.75, 3.05) is 0 Å². The predicted molar refractivity (Wildman–Crippen MR) is 48.9 cm³/mol. The first-order valence-corrected chi connectivity index (χ1v) is 4.95. The van der Waals surface area contributed by atoms with Crippen molar-refractivity contribution < 1.29 is 10.2 Å². The van der Waals surface area contributed by atoms with Gasteiger partial charge in [-0.05, 0) is 31.6 Å². The summed E-state index contributed by atoms with van der Waals surface area (Å²) in [6, 6.07) is 0. The molecule has 1 rings (SSSR count). The van der Waals surface area contributed by atoms with E-state index in [0.717, 1.165) is 12.8 Å². The summed E-state index contributed by atoms with van der Waals surface area (Å²) in [7, 11) is 0. The van der Waals surface area contributed by atoms with Crippen LogP contribution in [-0.4, -0.2) is 21.4 Å². The van der Waals surface area contributed by atoms with Crippen LogP contribution < -0.4 is 0 Å². The fourth-order valence-corrected chi connectivity index (χ4v) is 2.53. The minimum Gasteiger partial charge on any atom is -0.387 e. The second-order valence-electron chi connectivity index (χ2n) is 4.10. The van der Waals surface area contributed by atoms with E-state index in [1.165, 1.54) is 0 Å². The molecule has 0 aromatic rings. The lowest BCUT2D eigenvalue weighted by Gasteiger charge is -2.39. The smallest absolute Gasteiger partial charge is 0.0955 e. The van der Waals surface area contributed by atoms with Crippen LogP contribution in [0.3, 0.4) is 0 Å². The van der Waals surface area contributed by atoms with Gasteiger partial charge in [-0.2, -0.15) is 0 Å². The van der Waals surface area contributed by atoms with Gasteiger partial charge in [0.25, 0.3) is 0 Å². The molecule has 0 aromatic carbocycles. The Hall–Kier alpha value is -0.0800. The van der Waals surface area contributed by atoms with Crippen molar-refractivity contribution in [1.82, 2.24) is 0 Å². The SMILES string of the molecule is CC[C@]1(O)CC[C@@H](C)[C@]1(O)CC. The molecular formula is C10H20O2. The van der Waals surface area contributed by atoms with Crippen molar-refractivity contribution in [1.29, 1.82) is 0 Å². The van der Waals surface area contributed by atoms with Gasteiger partial charge in [0.05, 0.1) is 11.2 Å². The molecule has 2 N–H and O–H groups in total. The third-order valence-corrected chi connectivity index (χ3v) is 3.74. The largest absolute Gasteiger partial charge is 0.387 e. The Morgan fingerprint density at radius 1 is 1.25 bits per heavy atom. The lowest BCUT2D eigenvalue weighted by Crippen LogP contribution is -2.52. The zero-order valence-corrected chi connectivity index (χ0v) is 8.30. The van der Waals surface area contributed by atoms with Crippen LogP contribution in [0.4, 0.5) is 0 Å². The summed E-state index contributed by atoms with van der Waals surface area (Å²) in [5.74, 6) is 0.229. The first kappa shape index (κ1) is 10.0. The molecule has 0 unspecified atom stereocenters. The molecule has 3 atom stereocenters. The van der Waals surface area contributed by atoms with Crippen LogP contribution in [0.5, 0.6) is 0 Å². The second-order valence-corrected chi connectivity index (χ2v) is 4.10. The summed E-state index contributed by atoms with van der Waals surface area (Å²) >= 11 is 0. The van der Waals surface area contributed by atoms with E-state index in [1.54, 1.807) is 0 Å². The van der Waals surface area contributed by atoms with E-state index in [-0.39, 0.29) is 5.92 Å². The van der Waals surface area contributed by atoms with Gasteiger partial charge >= 0.3 is 0 Å². The van der Waals surface area contributed by atoms with Crippen LogP contribution in [-0.2, 0) is 0 Å². The molecule has 12 heavy (non-hydrogen) atoms. The fourth-order valence-electron chi connectivity index (χ4n) is 2.53. The molecule has 72 valence electrons. The summed E-state index contributed by atoms with van der Waals surface area (Å²) in [6.07, 6.45) is 2.99. The predicted octanol–water partition coefficient (Wildman–Crippen LogP) is 1.70. The van der Waals surface area contributed by atoms with Crippen molar-refractivity contribution in [3.05, 3.63) is 0 Å². The normalized spacial score (nSPS) is 48.2. The van der Waals surface area contributed by atoms with Crippen molar-refractivity contribution in [2.45, 2.75) is 57.7 Å². The first-order valence-electron chi connectivity index (χ1n) is 4.95. The molecule has 0 aliphatic heterocycles. The topological polar surface area (TPSA) is 40.5 Å². The summed E-state index contributed by atoms with van der Waals surface area (Å²) in [6.45, 7) is 5.91. The zero-order chi connectivity index (χ0) is 9.41. The van der Waals surface area contributed by atoms with Crippen molar-refractivity contribution in [2.24, 2.45) is 5.92 Å². The molecule has 2 heteroatoms. The van der Waals surface area contributed by atoms with E-state index in [0.29, 0.717) is 12.8 Å². The minimum atomic E-state index is -0.845. The third-order valence-electron chi connectivity index (χ3n) is 3.74. The van der Waals surface area contributed by atoms with Crippen LogP contribution in [0.15, 0.2) is 0 Å². The van der Waals surface area contributed by atoms with Crippen LogP contribution in [0.1, 0.15) is 46.5 Å². The van der Waals surface area contributed by atoms with E-state index in [9.17, 15) is 10.2 Å². The molecule has 0 radical (unpaired) electrons. The van der Waals surface area contributed by atoms with E-state index < -0.39 is 11.2 Å². The molecular weight excluding hydrogens is 152 g/mol. The molecule has 1 saturated carbocycles. The second kappa shape index (κ2) is 3.00. The molecule has 0 bridgehead atoms. The van der Waals surface area contributed by atoms with Crippen molar-refractivity contribution in [3.8, 4) is 0 Å². The maximum Gasteiger partial charge on any atom is 0.0955 e. The summed E-state index contributed by atoms with van der Waals surface area (Å²) in [4.78, 5) is 0. The Labute approximate surface area is 74.6 Å². The first-order chi connectivity index (χ1) is 5.50. The molecule has 0 amide bonds. The molecule has 1 aliphatic rings. The highest BCUT2D eigenvalue weighted by Gasteiger charge is 2.54. The van der Waals surface area contributed by atoms with Gasteiger partial charge in [0.2, 0.25) is 0 Å². The maximum atomic E-state index is 10.2. The molecule has 0 saturated heterocycles. The fraction of sp³-hybridized carbons (Fsp3) is 1.00. The van der Waals surface area contributed by atoms with E-state index >= 15 is 0 Å². The Morgan fingerprint density at radius 3 is 2.17 bits per heavy atom. The van der Waals surface area contributed by atoms with Gasteiger partial charge in [-0.15, -0.1) is 0 Å². The van der Waals surface area contributed by atoms with E-state index in [4.69, 9.17) is 0 Å². The van der Waals surface area contributed by atoms with Gasteiger partial charge in [-0.25, -0.2) is 0 Å². The third kappa shape index (κ3) is 1.09. The van der Waals surface area contributed by atoms with Crippen LogP contribution >= 0.6 is 0 Å². The van der Waals surface area contributed by atoms with E-state index in [1.807, 2.05) is 20.8 Å². The average Bonchev–Trinajstić information content (AvgIpc) is 2.31. The monoisotopic (exact) mass is 172 g/mol. The summed E-state index contributed by atoms with van der Waals surface area (Å²) in [5.41, 5.74) is -1.68. The summed E-state index contributed by atoms with van der Waals surface area (Å²) in [5, 5.41) is 20.4. The van der Waals surface area contributed by atoms with E-state index in [2.05, 4.69) is 0 Å². The Balaban J connectivity index is 2.91. The van der Waals surface area contributed by atoms with Gasteiger partial charge in [0.15, 0.2) is 0 Å². The van der Waals surface area contributed by atoms with Crippen LogP contribution in [0.2, 0.25) is 0 Å². The molecule has 2 nitrogen and oxygen atoms in total. The molecule has 1 fully saturated rings. The highest BCUT2D eigenvalue weighted by atomic mass is 16.4. The molecule has 1 aliphatic carbocycles. The zero-order valence-electron chi connectivity index (χ0n) is 8.30. The van der Waals surface area contributed by atoms with Crippen molar-refractivity contribution in [3.63, 3.8) is 0 Å². The Kier molecular flexibility index (Phi) is 2.50. The Morgan fingerprint density at radius 2 is 1.83 bits per heavy atom.